The van der Waals surface area contributed by atoms with Crippen LogP contribution in [0, 0.1) is 0 Å². The zero-order valence-electron chi connectivity index (χ0n) is 9.00. The largest absolute Gasteiger partial charge is 0.299 e. The summed E-state index contributed by atoms with van der Waals surface area (Å²) in [6, 6.07) is 9.63. The summed E-state index contributed by atoms with van der Waals surface area (Å²) in [7, 11) is 0. The number of benzene rings is 1. The predicted molar refractivity (Wildman–Crippen MR) is 61.0 cm³/mol. The van der Waals surface area contributed by atoms with Gasteiger partial charge in [-0.1, -0.05) is 30.3 Å². The van der Waals surface area contributed by atoms with Crippen LogP contribution in [0.15, 0.2) is 48.9 Å². The topological polar surface area (TPSA) is 42.9 Å². The quantitative estimate of drug-likeness (QED) is 0.783. The highest BCUT2D eigenvalue weighted by Crippen LogP contribution is 2.22. The Morgan fingerprint density at radius 1 is 1.19 bits per heavy atom. The van der Waals surface area contributed by atoms with Crippen LogP contribution in [-0.2, 0) is 4.79 Å². The second-order valence-electron chi connectivity index (χ2n) is 3.58. The molecule has 3 heteroatoms. The van der Waals surface area contributed by atoms with E-state index in [2.05, 4.69) is 9.97 Å². The number of rotatable bonds is 3. The summed E-state index contributed by atoms with van der Waals surface area (Å²) >= 11 is 0. The Kier molecular flexibility index (Phi) is 3.05. The van der Waals surface area contributed by atoms with Gasteiger partial charge in [0.2, 0.25) is 0 Å². The Labute approximate surface area is 94.2 Å². The third-order valence-corrected chi connectivity index (χ3v) is 2.42. The lowest BCUT2D eigenvalue weighted by molar-refractivity contribution is -0.117. The first-order chi connectivity index (χ1) is 7.79. The lowest BCUT2D eigenvalue weighted by Crippen LogP contribution is -2.12. The number of hydrogen-bond acceptors (Lipinski definition) is 3. The lowest BCUT2D eigenvalue weighted by Gasteiger charge is -2.12. The van der Waals surface area contributed by atoms with Gasteiger partial charge in [0.15, 0.2) is 0 Å². The van der Waals surface area contributed by atoms with Crippen molar-refractivity contribution in [2.24, 2.45) is 0 Å². The number of ketones is 1. The molecule has 1 heterocycles. The first kappa shape index (κ1) is 10.5. The van der Waals surface area contributed by atoms with E-state index in [9.17, 15) is 4.79 Å². The Balaban J connectivity index is 2.44. The van der Waals surface area contributed by atoms with Gasteiger partial charge in [-0.3, -0.25) is 14.8 Å². The molecule has 1 aromatic carbocycles. The van der Waals surface area contributed by atoms with Crippen LogP contribution in [0.25, 0.3) is 0 Å². The highest BCUT2D eigenvalue weighted by molar-refractivity contribution is 5.86. The van der Waals surface area contributed by atoms with Crippen molar-refractivity contribution < 1.29 is 4.79 Å². The van der Waals surface area contributed by atoms with Crippen LogP contribution >= 0.6 is 0 Å². The van der Waals surface area contributed by atoms with E-state index in [4.69, 9.17) is 0 Å². The van der Waals surface area contributed by atoms with Crippen molar-refractivity contribution in [3.63, 3.8) is 0 Å². The fourth-order valence-corrected chi connectivity index (χ4v) is 1.72. The number of aromatic nitrogens is 2. The molecule has 0 spiro atoms. The van der Waals surface area contributed by atoms with Gasteiger partial charge in [-0.25, -0.2) is 0 Å². The molecule has 0 saturated heterocycles. The number of nitrogens with zero attached hydrogens (tertiary/aromatic N) is 2. The van der Waals surface area contributed by atoms with Crippen LogP contribution < -0.4 is 0 Å². The SMILES string of the molecule is CC(=O)C(c1ccccc1)c1cnccn1. The van der Waals surface area contributed by atoms with Gasteiger partial charge >= 0.3 is 0 Å². The highest BCUT2D eigenvalue weighted by Gasteiger charge is 2.19. The van der Waals surface area contributed by atoms with Crippen molar-refractivity contribution in [1.82, 2.24) is 9.97 Å². The van der Waals surface area contributed by atoms with Gasteiger partial charge in [0.25, 0.3) is 0 Å². The van der Waals surface area contributed by atoms with Gasteiger partial charge in [0.05, 0.1) is 11.6 Å². The summed E-state index contributed by atoms with van der Waals surface area (Å²) in [5, 5.41) is 0. The van der Waals surface area contributed by atoms with Crippen molar-refractivity contribution in [3.05, 3.63) is 60.2 Å². The van der Waals surface area contributed by atoms with Gasteiger partial charge in [0.1, 0.15) is 5.78 Å². The summed E-state index contributed by atoms with van der Waals surface area (Å²) in [4.78, 5) is 19.9. The third-order valence-electron chi connectivity index (χ3n) is 2.42. The van der Waals surface area contributed by atoms with Gasteiger partial charge in [-0.15, -0.1) is 0 Å². The van der Waals surface area contributed by atoms with Crippen molar-refractivity contribution in [3.8, 4) is 0 Å². The minimum atomic E-state index is -0.310. The van der Waals surface area contributed by atoms with Gasteiger partial charge in [0, 0.05) is 18.6 Å². The molecule has 2 aromatic rings. The Bertz CT molecular complexity index is 428. The van der Waals surface area contributed by atoms with Crippen LogP contribution in [0.4, 0.5) is 0 Å². The van der Waals surface area contributed by atoms with Gasteiger partial charge in [-0.2, -0.15) is 0 Å². The molecule has 0 aliphatic carbocycles. The van der Waals surface area contributed by atoms with E-state index in [0.717, 1.165) is 5.56 Å². The maximum Gasteiger partial charge on any atom is 0.143 e. The first-order valence-corrected chi connectivity index (χ1v) is 5.10. The average Bonchev–Trinajstić information content (AvgIpc) is 2.31. The van der Waals surface area contributed by atoms with E-state index >= 15 is 0 Å². The summed E-state index contributed by atoms with van der Waals surface area (Å²) in [6.45, 7) is 1.58. The van der Waals surface area contributed by atoms with Crippen molar-refractivity contribution >= 4 is 5.78 Å². The summed E-state index contributed by atoms with van der Waals surface area (Å²) in [5.74, 6) is -0.235. The van der Waals surface area contributed by atoms with Crippen molar-refractivity contribution in [2.45, 2.75) is 12.8 Å². The average molecular weight is 212 g/mol. The standard InChI is InChI=1S/C13H12N2O/c1-10(16)13(11-5-3-2-4-6-11)12-9-14-7-8-15-12/h2-9,13H,1H3. The first-order valence-electron chi connectivity index (χ1n) is 5.10. The molecule has 1 aromatic heterocycles. The Morgan fingerprint density at radius 3 is 2.50 bits per heavy atom. The molecule has 2 rings (SSSR count). The number of hydrogen-bond donors (Lipinski definition) is 0. The highest BCUT2D eigenvalue weighted by atomic mass is 16.1. The maximum atomic E-state index is 11.7. The van der Waals surface area contributed by atoms with E-state index < -0.39 is 0 Å². The van der Waals surface area contributed by atoms with Crippen LogP contribution in [0.1, 0.15) is 24.1 Å². The smallest absolute Gasteiger partial charge is 0.143 e. The molecule has 1 atom stereocenters. The molecule has 0 aliphatic rings. The predicted octanol–water partition coefficient (Wildman–Crippen LogP) is 2.20. The molecule has 1 unspecified atom stereocenters. The molecule has 0 amide bonds. The van der Waals surface area contributed by atoms with Crippen molar-refractivity contribution in [2.75, 3.05) is 0 Å². The Hall–Kier alpha value is -2.03. The molecule has 0 fully saturated rings. The van der Waals surface area contributed by atoms with Gasteiger partial charge < -0.3 is 0 Å². The monoisotopic (exact) mass is 212 g/mol. The van der Waals surface area contributed by atoms with Crippen LogP contribution in [-0.4, -0.2) is 15.8 Å². The number of carbonyl (C=O) groups is 1. The lowest BCUT2D eigenvalue weighted by atomic mass is 9.92. The fourth-order valence-electron chi connectivity index (χ4n) is 1.72. The fraction of sp³-hybridized carbons (Fsp3) is 0.154. The summed E-state index contributed by atoms with van der Waals surface area (Å²) in [6.07, 6.45) is 4.85. The Morgan fingerprint density at radius 2 is 1.94 bits per heavy atom. The minimum Gasteiger partial charge on any atom is -0.299 e. The van der Waals surface area contributed by atoms with E-state index in [-0.39, 0.29) is 11.7 Å². The zero-order chi connectivity index (χ0) is 11.4. The minimum absolute atomic E-state index is 0.0756. The molecular weight excluding hydrogens is 200 g/mol. The summed E-state index contributed by atoms with van der Waals surface area (Å²) in [5.41, 5.74) is 1.65. The normalized spacial score (nSPS) is 12.1. The third kappa shape index (κ3) is 2.14. The maximum absolute atomic E-state index is 11.7. The molecule has 0 saturated carbocycles. The number of Topliss-reactive ketones (excluding diaryl/α,β-unsaturated/α-hetero) is 1. The van der Waals surface area contributed by atoms with E-state index in [1.165, 1.54) is 0 Å². The molecule has 0 N–H and O–H groups in total. The van der Waals surface area contributed by atoms with Crippen LogP contribution in [0.3, 0.4) is 0 Å². The van der Waals surface area contributed by atoms with Crippen LogP contribution in [0.5, 0.6) is 0 Å². The van der Waals surface area contributed by atoms with Crippen LogP contribution in [0.2, 0.25) is 0 Å². The van der Waals surface area contributed by atoms with E-state index in [1.54, 1.807) is 25.5 Å². The second kappa shape index (κ2) is 4.66. The van der Waals surface area contributed by atoms with Gasteiger partial charge in [-0.05, 0) is 12.5 Å². The summed E-state index contributed by atoms with van der Waals surface area (Å²) < 4.78 is 0. The molecular formula is C13H12N2O. The second-order valence-corrected chi connectivity index (χ2v) is 3.58. The van der Waals surface area contributed by atoms with E-state index in [1.807, 2.05) is 30.3 Å². The number of carbonyl (C=O) groups excluding carboxylic acids is 1. The van der Waals surface area contributed by atoms with E-state index in [0.29, 0.717) is 5.69 Å². The van der Waals surface area contributed by atoms with Crippen molar-refractivity contribution in [1.29, 1.82) is 0 Å². The molecule has 3 nitrogen and oxygen atoms in total. The molecule has 0 radical (unpaired) electrons. The molecule has 0 aliphatic heterocycles. The molecule has 0 bridgehead atoms. The molecule has 80 valence electrons. The zero-order valence-corrected chi connectivity index (χ0v) is 9.00. The molecule has 16 heavy (non-hydrogen) atoms.